The molecule has 0 heterocycles. The minimum Gasteiger partial charge on any atom is -1.00 e. The SMILES string of the molecule is CCCCCCCC[C@@H](Oc1ccc(C(=O)CCCCCCC)cc1)C(=O)O.[H-].[Na+]. The van der Waals surface area contributed by atoms with Crippen LogP contribution in [0.4, 0.5) is 0 Å². The first-order valence-corrected chi connectivity index (χ1v) is 11.1. The molecule has 0 aromatic heterocycles. The summed E-state index contributed by atoms with van der Waals surface area (Å²) in [7, 11) is 0. The number of benzene rings is 1. The summed E-state index contributed by atoms with van der Waals surface area (Å²) in [5.74, 6) is -0.274. The van der Waals surface area contributed by atoms with E-state index in [-0.39, 0.29) is 36.8 Å². The van der Waals surface area contributed by atoms with Gasteiger partial charge in [-0.2, -0.15) is 0 Å². The van der Waals surface area contributed by atoms with Crippen LogP contribution in [-0.2, 0) is 4.79 Å². The number of hydrogen-bond donors (Lipinski definition) is 1. The number of ether oxygens (including phenoxy) is 1. The van der Waals surface area contributed by atoms with Crippen LogP contribution in [0.15, 0.2) is 24.3 Å². The van der Waals surface area contributed by atoms with E-state index < -0.39 is 12.1 Å². The number of rotatable bonds is 17. The van der Waals surface area contributed by atoms with Gasteiger partial charge in [0.1, 0.15) is 5.75 Å². The summed E-state index contributed by atoms with van der Waals surface area (Å²) in [4.78, 5) is 23.7. The van der Waals surface area contributed by atoms with Crippen LogP contribution in [0.1, 0.15) is 109 Å². The van der Waals surface area contributed by atoms with Crippen LogP contribution in [0.5, 0.6) is 5.75 Å². The molecule has 29 heavy (non-hydrogen) atoms. The molecule has 0 spiro atoms. The normalized spacial score (nSPS) is 11.5. The number of aliphatic carboxylic acids is 1. The molecule has 0 saturated heterocycles. The zero-order valence-corrected chi connectivity index (χ0v) is 20.8. The summed E-state index contributed by atoms with van der Waals surface area (Å²) in [6, 6.07) is 6.91. The van der Waals surface area contributed by atoms with Crippen molar-refractivity contribution < 1.29 is 50.4 Å². The topological polar surface area (TPSA) is 63.6 Å². The van der Waals surface area contributed by atoms with Crippen LogP contribution in [0.3, 0.4) is 0 Å². The zero-order valence-electron chi connectivity index (χ0n) is 19.8. The number of unbranched alkanes of at least 4 members (excludes halogenated alkanes) is 9. The number of carbonyl (C=O) groups is 2. The molecule has 1 rings (SSSR count). The first-order chi connectivity index (χ1) is 13.6. The molecule has 0 radical (unpaired) electrons. The predicted octanol–water partition coefficient (Wildman–Crippen LogP) is 3.93. The van der Waals surface area contributed by atoms with E-state index in [2.05, 4.69) is 13.8 Å². The molecule has 5 heteroatoms. The van der Waals surface area contributed by atoms with Crippen LogP contribution in [-0.4, -0.2) is 23.0 Å². The summed E-state index contributed by atoms with van der Waals surface area (Å²) in [5.41, 5.74) is 0.672. The first kappa shape index (κ1) is 28.2. The third-order valence-corrected chi connectivity index (χ3v) is 5.06. The van der Waals surface area contributed by atoms with E-state index in [9.17, 15) is 14.7 Å². The third-order valence-electron chi connectivity index (χ3n) is 5.06. The molecule has 0 aliphatic heterocycles. The second-order valence-corrected chi connectivity index (χ2v) is 7.61. The van der Waals surface area contributed by atoms with E-state index in [0.29, 0.717) is 24.2 Å². The number of Topliss-reactive ketones (excluding diaryl/α,β-unsaturated/α-hetero) is 1. The van der Waals surface area contributed by atoms with Crippen LogP contribution < -0.4 is 34.3 Å². The average molecular weight is 415 g/mol. The van der Waals surface area contributed by atoms with Gasteiger partial charge in [0.25, 0.3) is 0 Å². The Morgan fingerprint density at radius 3 is 1.93 bits per heavy atom. The summed E-state index contributed by atoms with van der Waals surface area (Å²) in [5, 5.41) is 9.40. The fraction of sp³-hybridized carbons (Fsp3) is 0.667. The minimum absolute atomic E-state index is 0. The van der Waals surface area contributed by atoms with Crippen molar-refractivity contribution in [3.8, 4) is 5.75 Å². The monoisotopic (exact) mass is 414 g/mol. The van der Waals surface area contributed by atoms with Gasteiger partial charge in [-0.05, 0) is 43.5 Å². The summed E-state index contributed by atoms with van der Waals surface area (Å²) in [6.45, 7) is 4.36. The van der Waals surface area contributed by atoms with Gasteiger partial charge in [0, 0.05) is 12.0 Å². The number of carboxylic acid groups (broad SMARTS) is 1. The smallest absolute Gasteiger partial charge is 1.00 e. The Labute approximate surface area is 200 Å². The number of ketones is 1. The number of carbonyl (C=O) groups excluding carboxylic acids is 1. The third kappa shape index (κ3) is 13.1. The van der Waals surface area contributed by atoms with Crippen LogP contribution in [0.2, 0.25) is 0 Å². The molecular weight excluding hydrogens is 375 g/mol. The Kier molecular flexibility index (Phi) is 17.5. The van der Waals surface area contributed by atoms with Crippen molar-refractivity contribution in [3.63, 3.8) is 0 Å². The van der Waals surface area contributed by atoms with Crippen molar-refractivity contribution in [2.75, 3.05) is 0 Å². The number of hydrogen-bond acceptors (Lipinski definition) is 3. The van der Waals surface area contributed by atoms with Crippen molar-refractivity contribution in [1.82, 2.24) is 0 Å². The van der Waals surface area contributed by atoms with E-state index in [1.54, 1.807) is 24.3 Å². The fourth-order valence-electron chi connectivity index (χ4n) is 3.26. The summed E-state index contributed by atoms with van der Waals surface area (Å²) >= 11 is 0. The van der Waals surface area contributed by atoms with Gasteiger partial charge in [-0.15, -0.1) is 0 Å². The molecule has 0 bridgehead atoms. The average Bonchev–Trinajstić information content (AvgIpc) is 2.69. The van der Waals surface area contributed by atoms with Gasteiger partial charge in [0.15, 0.2) is 11.9 Å². The van der Waals surface area contributed by atoms with E-state index in [1.807, 2.05) is 0 Å². The van der Waals surface area contributed by atoms with Crippen molar-refractivity contribution in [1.29, 1.82) is 0 Å². The summed E-state index contributed by atoms with van der Waals surface area (Å²) in [6.07, 6.45) is 12.6. The van der Waals surface area contributed by atoms with E-state index >= 15 is 0 Å². The van der Waals surface area contributed by atoms with Gasteiger partial charge in [-0.25, -0.2) is 4.79 Å². The second-order valence-electron chi connectivity index (χ2n) is 7.61. The summed E-state index contributed by atoms with van der Waals surface area (Å²) < 4.78 is 5.65. The Hall–Kier alpha value is -0.840. The van der Waals surface area contributed by atoms with E-state index in [1.165, 1.54) is 38.5 Å². The molecule has 0 unspecified atom stereocenters. The molecule has 1 aromatic rings. The van der Waals surface area contributed by atoms with Crippen LogP contribution in [0, 0.1) is 0 Å². The molecule has 160 valence electrons. The van der Waals surface area contributed by atoms with Crippen molar-refractivity contribution in [3.05, 3.63) is 29.8 Å². The standard InChI is InChI=1S/C24H38O4.Na.H/c1-3-5-7-9-11-13-15-23(24(26)27)28-21-18-16-20(17-19-21)22(25)14-12-10-8-6-4-2;;/h16-19,23H,3-15H2,1-2H3,(H,26,27);;/q;+1;-1/t23-;;/m1../s1. The molecular formula is C24H39NaO4. The quantitative estimate of drug-likeness (QED) is 0.238. The molecule has 1 atom stereocenters. The Balaban J connectivity index is 0. The second kappa shape index (κ2) is 18.0. The number of carboxylic acids is 1. The van der Waals surface area contributed by atoms with Gasteiger partial charge >= 0.3 is 35.5 Å². The Bertz CT molecular complexity index is 563. The molecule has 0 saturated carbocycles. The van der Waals surface area contributed by atoms with Gasteiger partial charge in [-0.1, -0.05) is 71.6 Å². The van der Waals surface area contributed by atoms with Crippen molar-refractivity contribution in [2.45, 2.75) is 103 Å². The molecule has 0 amide bonds. The fourth-order valence-corrected chi connectivity index (χ4v) is 3.26. The van der Waals surface area contributed by atoms with Crippen molar-refractivity contribution >= 4 is 11.8 Å². The molecule has 1 N–H and O–H groups in total. The maximum absolute atomic E-state index is 12.2. The molecule has 0 aliphatic rings. The predicted molar refractivity (Wildman–Crippen MR) is 115 cm³/mol. The largest absolute Gasteiger partial charge is 1.00 e. The van der Waals surface area contributed by atoms with Gasteiger partial charge < -0.3 is 11.3 Å². The van der Waals surface area contributed by atoms with Gasteiger partial charge in [0.05, 0.1) is 0 Å². The van der Waals surface area contributed by atoms with Crippen LogP contribution in [0.25, 0.3) is 0 Å². The zero-order chi connectivity index (χ0) is 20.6. The maximum Gasteiger partial charge on any atom is 1.00 e. The first-order valence-electron chi connectivity index (χ1n) is 11.1. The van der Waals surface area contributed by atoms with E-state index in [4.69, 9.17) is 4.74 Å². The maximum atomic E-state index is 12.2. The molecule has 0 aliphatic carbocycles. The minimum atomic E-state index is -0.930. The molecule has 1 aromatic carbocycles. The Morgan fingerprint density at radius 2 is 1.38 bits per heavy atom. The van der Waals surface area contributed by atoms with E-state index in [0.717, 1.165) is 32.1 Å². The van der Waals surface area contributed by atoms with Crippen molar-refractivity contribution in [2.24, 2.45) is 0 Å². The Morgan fingerprint density at radius 1 is 0.862 bits per heavy atom. The molecule has 4 nitrogen and oxygen atoms in total. The van der Waals surface area contributed by atoms with Crippen LogP contribution >= 0.6 is 0 Å². The molecule has 0 fully saturated rings. The van der Waals surface area contributed by atoms with Gasteiger partial charge in [0.2, 0.25) is 0 Å². The van der Waals surface area contributed by atoms with Gasteiger partial charge in [-0.3, -0.25) is 4.79 Å².